The topological polar surface area (TPSA) is 282 Å². The molecule has 0 spiro atoms. The van der Waals surface area contributed by atoms with Gasteiger partial charge >= 0.3 is 5.97 Å². The first kappa shape index (κ1) is 36.3. The first-order chi connectivity index (χ1) is 19.5. The maximum Gasteiger partial charge on any atom is 0.305 e. The molecular formula is C23H39N9O8S2. The number of guanidine groups is 1. The van der Waals surface area contributed by atoms with Gasteiger partial charge in [-0.05, 0) is 26.7 Å². The van der Waals surface area contributed by atoms with Crippen molar-refractivity contribution in [2.45, 2.75) is 68.9 Å². The molecule has 1 fully saturated rings. The van der Waals surface area contributed by atoms with E-state index in [2.05, 4.69) is 26.3 Å². The third-order valence-electron chi connectivity index (χ3n) is 5.95. The van der Waals surface area contributed by atoms with Crippen LogP contribution in [0.1, 0.15) is 40.0 Å². The summed E-state index contributed by atoms with van der Waals surface area (Å²) in [5.41, 5.74) is 16.2. The number of aliphatic carboxylic acids is 1. The number of aliphatic imine (C=N–C) groups is 1. The number of hydrogen-bond donors (Lipinski definition) is 8. The quantitative estimate of drug-likeness (QED) is 0.0562. The summed E-state index contributed by atoms with van der Waals surface area (Å²) in [6.07, 6.45) is -0.459. The van der Waals surface area contributed by atoms with Gasteiger partial charge in [0.1, 0.15) is 24.2 Å². The number of nitrogens with one attached hydrogen (secondary N) is 4. The van der Waals surface area contributed by atoms with E-state index in [4.69, 9.17) is 17.2 Å². The highest BCUT2D eigenvalue weighted by Gasteiger charge is 2.39. The van der Waals surface area contributed by atoms with Crippen LogP contribution >= 0.6 is 21.6 Å². The molecule has 0 aliphatic carbocycles. The highest BCUT2D eigenvalue weighted by molar-refractivity contribution is 8.77. The summed E-state index contributed by atoms with van der Waals surface area (Å²) in [6.45, 7) is 3.89. The lowest BCUT2D eigenvalue weighted by Crippen LogP contribution is -2.59. The van der Waals surface area contributed by atoms with Gasteiger partial charge in [-0.25, -0.2) is 0 Å². The average Bonchev–Trinajstić information content (AvgIpc) is 2.87. The molecule has 11 N–H and O–H groups in total. The number of nitrogens with two attached hydrogens (primary N) is 3. The molecule has 0 saturated carbocycles. The summed E-state index contributed by atoms with van der Waals surface area (Å²) >= 11 is 0. The molecule has 0 bridgehead atoms. The summed E-state index contributed by atoms with van der Waals surface area (Å²) in [4.78, 5) is 92.9. The second kappa shape index (κ2) is 16.6. The summed E-state index contributed by atoms with van der Waals surface area (Å²) in [5, 5.41) is 18.9. The first-order valence-electron chi connectivity index (χ1n) is 12.7. The first-order valence-corrected chi connectivity index (χ1v) is 15.1. The molecule has 1 aliphatic heterocycles. The van der Waals surface area contributed by atoms with E-state index in [1.165, 1.54) is 14.0 Å². The summed E-state index contributed by atoms with van der Waals surface area (Å²) in [5.74, 6) is -6.21. The zero-order valence-electron chi connectivity index (χ0n) is 23.8. The fourth-order valence-electron chi connectivity index (χ4n) is 3.86. The van der Waals surface area contributed by atoms with Crippen LogP contribution in [0.15, 0.2) is 4.99 Å². The van der Waals surface area contributed by atoms with E-state index in [9.17, 15) is 38.7 Å². The minimum atomic E-state index is -1.60. The molecule has 1 saturated heterocycles. The Bertz CT molecular complexity index is 1080. The molecule has 0 unspecified atom stereocenters. The standard InChI is InChI=1S/C23H39N9O8S2/c1-11(33)29-13-10-41-42-23(2,3)17(18(24)37)31-19(38)12(8-16(35)36)30-15(34)9-28-20(39)14(32(4)21(13)40)6-5-7-27-22(25)26/h12-14,17H,5-10H2,1-4H3,(H2,24,37)(H,28,39)(H,29,33)(H,30,34)(H,31,38)(H,35,36)(H4,25,26,27)/t12-,13+,14-,17+/m0/s1. The monoisotopic (exact) mass is 633 g/mol. The van der Waals surface area contributed by atoms with Gasteiger partial charge in [0.2, 0.25) is 35.4 Å². The van der Waals surface area contributed by atoms with Crippen molar-refractivity contribution in [3.8, 4) is 0 Å². The predicted molar refractivity (Wildman–Crippen MR) is 157 cm³/mol. The number of carboxylic acids is 1. The molecule has 0 aromatic carbocycles. The second-order valence-electron chi connectivity index (χ2n) is 9.92. The van der Waals surface area contributed by atoms with Gasteiger partial charge in [0.15, 0.2) is 5.96 Å². The van der Waals surface area contributed by atoms with Crippen LogP contribution in [0.5, 0.6) is 0 Å². The molecule has 0 aromatic rings. The minimum absolute atomic E-state index is 0.000296. The molecule has 6 amide bonds. The van der Waals surface area contributed by atoms with Crippen molar-refractivity contribution >= 4 is 69.0 Å². The Kier molecular flexibility index (Phi) is 14.4. The smallest absolute Gasteiger partial charge is 0.305 e. The number of amides is 6. The Morgan fingerprint density at radius 2 is 1.76 bits per heavy atom. The Labute approximate surface area is 250 Å². The highest BCUT2D eigenvalue weighted by Crippen LogP contribution is 2.38. The fourth-order valence-corrected chi connectivity index (χ4v) is 6.68. The number of primary amides is 1. The van der Waals surface area contributed by atoms with Gasteiger partial charge in [-0.3, -0.25) is 38.6 Å². The normalized spacial score (nSPS) is 24.3. The lowest BCUT2D eigenvalue weighted by Gasteiger charge is -2.33. The number of nitrogens with zero attached hydrogens (tertiary/aromatic N) is 2. The highest BCUT2D eigenvalue weighted by atomic mass is 33.1. The van der Waals surface area contributed by atoms with Crippen molar-refractivity contribution in [1.82, 2.24) is 26.2 Å². The van der Waals surface area contributed by atoms with E-state index >= 15 is 0 Å². The summed E-state index contributed by atoms with van der Waals surface area (Å²) in [6, 6.07) is -5.12. The number of likely N-dealkylation sites (N-methyl/N-ethyl adjacent to an activating group) is 1. The molecular weight excluding hydrogens is 594 g/mol. The SMILES string of the molecule is CC(=O)N[C@@H]1CSSC(C)(C)[C@@H](C(N)=O)NC(=O)[C@H](CC(=O)O)NC(=O)CNC(=O)[C@H](CCCN=C(N)N)N(C)C1=O. The van der Waals surface area contributed by atoms with Gasteiger partial charge in [0.05, 0.1) is 13.0 Å². The number of carbonyl (C=O) groups excluding carboxylic acids is 6. The summed E-state index contributed by atoms with van der Waals surface area (Å²) in [7, 11) is 3.56. The van der Waals surface area contributed by atoms with Crippen molar-refractivity contribution < 1.29 is 38.7 Å². The van der Waals surface area contributed by atoms with Crippen LogP contribution in [-0.2, 0) is 33.6 Å². The molecule has 0 radical (unpaired) electrons. The number of carboxylic acid groups (broad SMARTS) is 1. The third kappa shape index (κ3) is 12.0. The molecule has 42 heavy (non-hydrogen) atoms. The van der Waals surface area contributed by atoms with Crippen LogP contribution in [0.2, 0.25) is 0 Å². The zero-order chi connectivity index (χ0) is 32.2. The lowest BCUT2D eigenvalue weighted by molar-refractivity contribution is -0.142. The third-order valence-corrected chi connectivity index (χ3v) is 9.25. The van der Waals surface area contributed by atoms with Gasteiger partial charge in [0.25, 0.3) is 0 Å². The maximum absolute atomic E-state index is 13.5. The largest absolute Gasteiger partial charge is 0.481 e. The Morgan fingerprint density at radius 3 is 2.31 bits per heavy atom. The van der Waals surface area contributed by atoms with Gasteiger partial charge in [-0.15, -0.1) is 0 Å². The van der Waals surface area contributed by atoms with Crippen LogP contribution in [0.3, 0.4) is 0 Å². The fraction of sp³-hybridized carbons (Fsp3) is 0.652. The van der Waals surface area contributed by atoms with E-state index in [0.717, 1.165) is 26.5 Å². The van der Waals surface area contributed by atoms with E-state index in [1.807, 2.05) is 0 Å². The Balaban J connectivity index is 3.46. The van der Waals surface area contributed by atoms with Gasteiger partial charge < -0.3 is 48.5 Å². The second-order valence-corrected chi connectivity index (χ2v) is 12.9. The van der Waals surface area contributed by atoms with Gasteiger partial charge in [-0.1, -0.05) is 21.6 Å². The van der Waals surface area contributed by atoms with Crippen molar-refractivity contribution in [2.75, 3.05) is 25.9 Å². The zero-order valence-corrected chi connectivity index (χ0v) is 25.4. The Morgan fingerprint density at radius 1 is 1.12 bits per heavy atom. The number of rotatable bonds is 8. The molecule has 0 aromatic heterocycles. The van der Waals surface area contributed by atoms with Crippen molar-refractivity contribution in [3.05, 3.63) is 0 Å². The van der Waals surface area contributed by atoms with Crippen LogP contribution < -0.4 is 38.5 Å². The number of carbonyl (C=O) groups is 7. The molecule has 1 heterocycles. The number of hydrogen-bond acceptors (Lipinski definition) is 10. The minimum Gasteiger partial charge on any atom is -0.481 e. The van der Waals surface area contributed by atoms with E-state index in [1.54, 1.807) is 13.8 Å². The molecule has 1 aliphatic rings. The van der Waals surface area contributed by atoms with Crippen LogP contribution in [-0.4, -0.2) is 112 Å². The van der Waals surface area contributed by atoms with Gasteiger partial charge in [0, 0.05) is 31.0 Å². The molecule has 236 valence electrons. The molecule has 4 atom stereocenters. The molecule has 1 rings (SSSR count). The van der Waals surface area contributed by atoms with Crippen LogP contribution in [0.25, 0.3) is 0 Å². The van der Waals surface area contributed by atoms with Crippen LogP contribution in [0.4, 0.5) is 0 Å². The Hall–Kier alpha value is -3.74. The van der Waals surface area contributed by atoms with Crippen molar-refractivity contribution in [2.24, 2.45) is 22.2 Å². The van der Waals surface area contributed by atoms with Gasteiger partial charge in [-0.2, -0.15) is 0 Å². The predicted octanol–water partition coefficient (Wildman–Crippen LogP) is -3.41. The van der Waals surface area contributed by atoms with Crippen molar-refractivity contribution in [1.29, 1.82) is 0 Å². The maximum atomic E-state index is 13.5. The van der Waals surface area contributed by atoms with Crippen molar-refractivity contribution in [3.63, 3.8) is 0 Å². The molecule has 17 nitrogen and oxygen atoms in total. The summed E-state index contributed by atoms with van der Waals surface area (Å²) < 4.78 is -1.10. The molecule has 19 heteroatoms. The van der Waals surface area contributed by atoms with E-state index in [0.29, 0.717) is 0 Å². The average molecular weight is 634 g/mol. The van der Waals surface area contributed by atoms with E-state index < -0.39 is 83.3 Å². The van der Waals surface area contributed by atoms with E-state index in [-0.39, 0.29) is 31.1 Å². The lowest BCUT2D eigenvalue weighted by atomic mass is 10.0. The van der Waals surface area contributed by atoms with Crippen LogP contribution in [0, 0.1) is 0 Å².